The predicted molar refractivity (Wildman–Crippen MR) is 107 cm³/mol. The van der Waals surface area contributed by atoms with Gasteiger partial charge in [0.05, 0.1) is 10.9 Å². The second-order valence-corrected chi connectivity index (χ2v) is 9.73. The maximum atomic E-state index is 12.9. The Bertz CT molecular complexity index is 776. The van der Waals surface area contributed by atoms with Gasteiger partial charge in [-0.3, -0.25) is 4.79 Å². The van der Waals surface area contributed by atoms with Crippen molar-refractivity contribution in [1.29, 1.82) is 0 Å². The van der Waals surface area contributed by atoms with Crippen LogP contribution in [0.5, 0.6) is 0 Å². The van der Waals surface area contributed by atoms with Crippen LogP contribution in [0.15, 0.2) is 34.7 Å². The zero-order chi connectivity index (χ0) is 18.0. The van der Waals surface area contributed by atoms with E-state index in [1.54, 1.807) is 4.68 Å². The van der Waals surface area contributed by atoms with Crippen molar-refractivity contribution >= 4 is 41.2 Å². The van der Waals surface area contributed by atoms with E-state index in [4.69, 9.17) is 12.2 Å². The summed E-state index contributed by atoms with van der Waals surface area (Å²) < 4.78 is 3.31. The maximum Gasteiger partial charge on any atom is 0.236 e. The normalized spacial score (nSPS) is 22.0. The number of amides is 1. The maximum absolute atomic E-state index is 12.9. The number of carbonyl (C=O) groups is 1. The number of para-hydroxylation sites is 1. The molecule has 0 bridgehead atoms. The van der Waals surface area contributed by atoms with Gasteiger partial charge in [-0.25, -0.2) is 4.68 Å². The van der Waals surface area contributed by atoms with Gasteiger partial charge in [0, 0.05) is 12.1 Å². The summed E-state index contributed by atoms with van der Waals surface area (Å²) in [6.45, 7) is 6.27. The highest BCUT2D eigenvalue weighted by Crippen LogP contribution is 2.31. The minimum absolute atomic E-state index is 0.159. The molecule has 0 spiro atoms. The van der Waals surface area contributed by atoms with Gasteiger partial charge in [0.15, 0.2) is 8.29 Å². The Hall–Kier alpha value is -1.18. The van der Waals surface area contributed by atoms with E-state index in [0.717, 1.165) is 22.9 Å². The van der Waals surface area contributed by atoms with Gasteiger partial charge in [-0.15, -0.1) is 5.10 Å². The first-order valence-electron chi connectivity index (χ1n) is 8.62. The fourth-order valence-corrected chi connectivity index (χ4v) is 5.87. The van der Waals surface area contributed by atoms with Crippen molar-refractivity contribution in [1.82, 2.24) is 14.7 Å². The van der Waals surface area contributed by atoms with Crippen LogP contribution in [0, 0.1) is 3.95 Å². The molecule has 0 saturated carbocycles. The predicted octanol–water partition coefficient (Wildman–Crippen LogP) is 4.93. The number of hydrogen-bond acceptors (Lipinski definition) is 5. The van der Waals surface area contributed by atoms with Crippen LogP contribution in [-0.2, 0) is 4.79 Å². The number of aromatic nitrogens is 2. The lowest BCUT2D eigenvalue weighted by Crippen LogP contribution is -2.50. The third-order valence-electron chi connectivity index (χ3n) is 4.60. The number of carbonyl (C=O) groups excluding carboxylic acids is 1. The average molecular weight is 394 g/mol. The number of piperidine rings is 1. The molecule has 1 aliphatic rings. The summed E-state index contributed by atoms with van der Waals surface area (Å²) in [5.41, 5.74) is 0.952. The first-order valence-corrected chi connectivity index (χ1v) is 10.7. The fraction of sp³-hybridized carbons (Fsp3) is 0.500. The van der Waals surface area contributed by atoms with Crippen molar-refractivity contribution < 1.29 is 4.79 Å². The Morgan fingerprint density at radius 3 is 2.56 bits per heavy atom. The standard InChI is InChI=1S/C18H23N3OS3/c1-12-8-7-9-13(2)20(12)16(22)14(3)24-17-19-21(18(23)25-17)15-10-5-4-6-11-15/h4-6,10-14H,7-9H2,1-3H3/t12-,13-,14-/m1/s1. The highest BCUT2D eigenvalue weighted by molar-refractivity contribution is 8.02. The molecule has 134 valence electrons. The molecule has 3 atom stereocenters. The quantitative estimate of drug-likeness (QED) is 0.545. The topological polar surface area (TPSA) is 38.1 Å². The third-order valence-corrected chi connectivity index (χ3v) is 7.01. The van der Waals surface area contributed by atoms with Gasteiger partial charge in [0.2, 0.25) is 5.91 Å². The van der Waals surface area contributed by atoms with Gasteiger partial charge in [-0.05, 0) is 64.4 Å². The van der Waals surface area contributed by atoms with Crippen LogP contribution in [-0.4, -0.2) is 37.9 Å². The SMILES string of the molecule is C[C@@H]1CCC[C@@H](C)N1C(=O)[C@@H](C)Sc1nn(-c2ccccc2)c(=S)s1. The number of nitrogens with zero attached hydrogens (tertiary/aromatic N) is 3. The van der Waals surface area contributed by atoms with Crippen LogP contribution in [0.1, 0.15) is 40.0 Å². The van der Waals surface area contributed by atoms with E-state index in [-0.39, 0.29) is 11.2 Å². The Balaban J connectivity index is 1.74. The molecule has 0 N–H and O–H groups in total. The zero-order valence-corrected chi connectivity index (χ0v) is 17.2. The summed E-state index contributed by atoms with van der Waals surface area (Å²) >= 11 is 8.42. The molecule has 1 aromatic heterocycles. The second kappa shape index (κ2) is 8.01. The van der Waals surface area contributed by atoms with Crippen molar-refractivity contribution in [2.45, 2.75) is 61.7 Å². The largest absolute Gasteiger partial charge is 0.336 e. The summed E-state index contributed by atoms with van der Waals surface area (Å²) in [6.07, 6.45) is 3.39. The minimum Gasteiger partial charge on any atom is -0.336 e. The number of rotatable bonds is 4. The van der Waals surface area contributed by atoms with Gasteiger partial charge < -0.3 is 4.90 Å². The van der Waals surface area contributed by atoms with Crippen LogP contribution in [0.4, 0.5) is 0 Å². The van der Waals surface area contributed by atoms with E-state index in [9.17, 15) is 4.79 Å². The lowest BCUT2D eigenvalue weighted by Gasteiger charge is -2.40. The van der Waals surface area contributed by atoms with Crippen LogP contribution in [0.2, 0.25) is 0 Å². The molecular weight excluding hydrogens is 370 g/mol. The van der Waals surface area contributed by atoms with Gasteiger partial charge >= 0.3 is 0 Å². The highest BCUT2D eigenvalue weighted by atomic mass is 32.2. The number of benzene rings is 1. The molecule has 2 heterocycles. The van der Waals surface area contributed by atoms with E-state index >= 15 is 0 Å². The molecule has 1 aromatic carbocycles. The Labute approximate surface area is 162 Å². The van der Waals surface area contributed by atoms with Crippen molar-refractivity contribution in [2.24, 2.45) is 0 Å². The van der Waals surface area contributed by atoms with Crippen LogP contribution in [0.3, 0.4) is 0 Å². The van der Waals surface area contributed by atoms with Crippen LogP contribution < -0.4 is 0 Å². The number of thioether (sulfide) groups is 1. The van der Waals surface area contributed by atoms with E-state index < -0.39 is 0 Å². The van der Waals surface area contributed by atoms with Crippen molar-refractivity contribution in [2.75, 3.05) is 0 Å². The summed E-state index contributed by atoms with van der Waals surface area (Å²) in [4.78, 5) is 15.0. The lowest BCUT2D eigenvalue weighted by atomic mass is 9.97. The first-order chi connectivity index (χ1) is 12.0. The molecule has 0 aliphatic carbocycles. The summed E-state index contributed by atoms with van der Waals surface area (Å²) in [5, 5.41) is 4.45. The smallest absolute Gasteiger partial charge is 0.236 e. The first kappa shape index (κ1) is 18.6. The van der Waals surface area contributed by atoms with E-state index in [1.807, 2.05) is 37.3 Å². The zero-order valence-electron chi connectivity index (χ0n) is 14.7. The molecule has 0 unspecified atom stereocenters. The molecular formula is C18H23N3OS3. The third kappa shape index (κ3) is 4.15. The van der Waals surface area contributed by atoms with Crippen LogP contribution in [0.25, 0.3) is 5.69 Å². The second-order valence-electron chi connectivity index (χ2n) is 6.52. The molecule has 1 fully saturated rings. The Morgan fingerprint density at radius 2 is 1.92 bits per heavy atom. The molecule has 25 heavy (non-hydrogen) atoms. The Kier molecular flexibility index (Phi) is 5.96. The molecule has 7 heteroatoms. The van der Waals surface area contributed by atoms with Crippen LogP contribution >= 0.6 is 35.3 Å². The van der Waals surface area contributed by atoms with E-state index in [0.29, 0.717) is 16.0 Å². The molecule has 3 rings (SSSR count). The van der Waals surface area contributed by atoms with E-state index in [1.165, 1.54) is 29.5 Å². The summed E-state index contributed by atoms with van der Waals surface area (Å²) in [5.74, 6) is 0.206. The molecule has 4 nitrogen and oxygen atoms in total. The van der Waals surface area contributed by atoms with Gasteiger partial charge in [-0.2, -0.15) is 0 Å². The minimum atomic E-state index is -0.159. The summed E-state index contributed by atoms with van der Waals surface area (Å²) in [6, 6.07) is 10.5. The molecule has 1 aliphatic heterocycles. The molecule has 1 saturated heterocycles. The van der Waals surface area contributed by atoms with Crippen molar-refractivity contribution in [3.05, 3.63) is 34.3 Å². The Morgan fingerprint density at radius 1 is 1.28 bits per heavy atom. The number of likely N-dealkylation sites (tertiary alicyclic amines) is 1. The van der Waals surface area contributed by atoms with Gasteiger partial charge in [-0.1, -0.05) is 41.3 Å². The fourth-order valence-electron chi connectivity index (χ4n) is 3.31. The molecule has 1 amide bonds. The monoisotopic (exact) mass is 393 g/mol. The lowest BCUT2D eigenvalue weighted by molar-refractivity contribution is -0.136. The summed E-state index contributed by atoms with van der Waals surface area (Å²) in [7, 11) is 0. The van der Waals surface area contributed by atoms with E-state index in [2.05, 4.69) is 23.8 Å². The molecule has 0 radical (unpaired) electrons. The van der Waals surface area contributed by atoms with Gasteiger partial charge in [0.1, 0.15) is 0 Å². The number of hydrogen-bond donors (Lipinski definition) is 0. The molecule has 2 aromatic rings. The van der Waals surface area contributed by atoms with Crippen molar-refractivity contribution in [3.63, 3.8) is 0 Å². The highest BCUT2D eigenvalue weighted by Gasteiger charge is 2.32. The van der Waals surface area contributed by atoms with Gasteiger partial charge in [0.25, 0.3) is 0 Å². The van der Waals surface area contributed by atoms with Crippen molar-refractivity contribution in [3.8, 4) is 5.69 Å². The average Bonchev–Trinajstić information content (AvgIpc) is 2.95.